The van der Waals surface area contributed by atoms with Crippen molar-refractivity contribution in [2.45, 2.75) is 25.8 Å². The number of carbonyl (C=O) groups excluding carboxylic acids is 1. The van der Waals surface area contributed by atoms with Gasteiger partial charge in [0.1, 0.15) is 10.7 Å². The van der Waals surface area contributed by atoms with Crippen LogP contribution in [0.3, 0.4) is 0 Å². The second-order valence-electron chi connectivity index (χ2n) is 4.99. The second-order valence-corrected chi connectivity index (χ2v) is 5.43. The minimum Gasteiger partial charge on any atom is -0.483 e. The van der Waals surface area contributed by atoms with Crippen molar-refractivity contribution >= 4 is 23.1 Å². The molecule has 0 aromatic heterocycles. The van der Waals surface area contributed by atoms with E-state index in [4.69, 9.17) is 22.7 Å². The van der Waals surface area contributed by atoms with Gasteiger partial charge < -0.3 is 15.8 Å². The highest BCUT2D eigenvalue weighted by Gasteiger charge is 2.26. The van der Waals surface area contributed by atoms with Crippen molar-refractivity contribution in [1.82, 2.24) is 5.32 Å². The summed E-state index contributed by atoms with van der Waals surface area (Å²) in [6.45, 7) is 2.17. The molecule has 5 heteroatoms. The number of nitrogens with two attached hydrogens (primary N) is 1. The largest absolute Gasteiger partial charge is 0.483 e. The minimum absolute atomic E-state index is 0.00942. The first-order chi connectivity index (χ1) is 9.06. The van der Waals surface area contributed by atoms with Crippen LogP contribution in [0.5, 0.6) is 5.75 Å². The molecule has 4 nitrogen and oxygen atoms in total. The fourth-order valence-corrected chi connectivity index (χ4v) is 2.40. The fourth-order valence-electron chi connectivity index (χ4n) is 2.23. The van der Waals surface area contributed by atoms with Crippen LogP contribution in [-0.4, -0.2) is 23.5 Å². The summed E-state index contributed by atoms with van der Waals surface area (Å²) >= 11 is 4.94. The topological polar surface area (TPSA) is 64.3 Å². The summed E-state index contributed by atoms with van der Waals surface area (Å²) in [5.41, 5.74) is 6.25. The summed E-state index contributed by atoms with van der Waals surface area (Å²) in [7, 11) is 0. The van der Waals surface area contributed by atoms with Crippen molar-refractivity contribution in [2.24, 2.45) is 11.7 Å². The van der Waals surface area contributed by atoms with Gasteiger partial charge >= 0.3 is 0 Å². The number of para-hydroxylation sites is 1. The van der Waals surface area contributed by atoms with E-state index >= 15 is 0 Å². The first-order valence-electron chi connectivity index (χ1n) is 6.37. The van der Waals surface area contributed by atoms with Crippen LogP contribution in [0.25, 0.3) is 0 Å². The number of carbonyl (C=O) groups is 1. The molecule has 1 saturated carbocycles. The molecule has 0 saturated heterocycles. The molecule has 1 aromatic carbocycles. The highest BCUT2D eigenvalue weighted by molar-refractivity contribution is 7.80. The van der Waals surface area contributed by atoms with Gasteiger partial charge in [-0.2, -0.15) is 0 Å². The number of amides is 1. The number of benzene rings is 1. The molecule has 1 amide bonds. The maximum Gasteiger partial charge on any atom is 0.258 e. The Kier molecular flexibility index (Phi) is 4.37. The Balaban J connectivity index is 1.85. The van der Waals surface area contributed by atoms with Crippen LogP contribution in [0.15, 0.2) is 24.3 Å². The van der Waals surface area contributed by atoms with E-state index in [1.165, 1.54) is 0 Å². The Labute approximate surface area is 118 Å². The molecule has 0 spiro atoms. The molecule has 0 bridgehead atoms. The average Bonchev–Trinajstić information content (AvgIpc) is 2.34. The highest BCUT2D eigenvalue weighted by Crippen LogP contribution is 2.26. The van der Waals surface area contributed by atoms with Crippen LogP contribution < -0.4 is 15.8 Å². The van der Waals surface area contributed by atoms with Gasteiger partial charge in [-0.1, -0.05) is 31.3 Å². The van der Waals surface area contributed by atoms with Crippen molar-refractivity contribution in [1.29, 1.82) is 0 Å². The number of ether oxygens (including phenoxy) is 1. The summed E-state index contributed by atoms with van der Waals surface area (Å²) in [5, 5.41) is 2.94. The van der Waals surface area contributed by atoms with E-state index in [1.54, 1.807) is 12.1 Å². The molecule has 0 atom stereocenters. The number of thiocarbonyl (C=S) groups is 1. The first-order valence-corrected chi connectivity index (χ1v) is 6.78. The van der Waals surface area contributed by atoms with Gasteiger partial charge in [0.15, 0.2) is 6.61 Å². The number of hydrogen-bond acceptors (Lipinski definition) is 3. The molecule has 1 fully saturated rings. The quantitative estimate of drug-likeness (QED) is 0.803. The molecule has 102 valence electrons. The van der Waals surface area contributed by atoms with E-state index < -0.39 is 0 Å². The van der Waals surface area contributed by atoms with E-state index in [1.807, 2.05) is 12.1 Å². The zero-order valence-corrected chi connectivity index (χ0v) is 11.7. The molecule has 3 N–H and O–H groups in total. The number of nitrogens with one attached hydrogen (secondary N) is 1. The van der Waals surface area contributed by atoms with Gasteiger partial charge in [0.2, 0.25) is 0 Å². The van der Waals surface area contributed by atoms with Crippen LogP contribution >= 0.6 is 12.2 Å². The molecule has 1 aliphatic carbocycles. The van der Waals surface area contributed by atoms with Crippen LogP contribution in [0.4, 0.5) is 0 Å². The van der Waals surface area contributed by atoms with E-state index in [0.717, 1.165) is 12.8 Å². The van der Waals surface area contributed by atoms with Gasteiger partial charge in [0, 0.05) is 6.04 Å². The zero-order chi connectivity index (χ0) is 13.8. The van der Waals surface area contributed by atoms with Gasteiger partial charge in [0.25, 0.3) is 5.91 Å². The van der Waals surface area contributed by atoms with Crippen molar-refractivity contribution in [3.8, 4) is 5.75 Å². The Bertz CT molecular complexity index is 484. The van der Waals surface area contributed by atoms with E-state index in [-0.39, 0.29) is 17.5 Å². The monoisotopic (exact) mass is 278 g/mol. The fraction of sp³-hybridized carbons (Fsp3) is 0.429. The van der Waals surface area contributed by atoms with Gasteiger partial charge in [-0.15, -0.1) is 0 Å². The Hall–Kier alpha value is -1.62. The standard InChI is InChI=1S/C14H18N2O2S/c1-9-6-10(7-9)16-13(17)8-18-12-5-3-2-4-11(12)14(15)19/h2-5,9-10H,6-8H2,1H3,(H2,15,19)(H,16,17). The zero-order valence-electron chi connectivity index (χ0n) is 10.9. The molecule has 0 heterocycles. The predicted octanol–water partition coefficient (Wildman–Crippen LogP) is 1.61. The van der Waals surface area contributed by atoms with Gasteiger partial charge in [0.05, 0.1) is 5.56 Å². The summed E-state index contributed by atoms with van der Waals surface area (Å²) in [6, 6.07) is 7.49. The Morgan fingerprint density at radius 3 is 2.79 bits per heavy atom. The molecule has 0 radical (unpaired) electrons. The second kappa shape index (κ2) is 6.02. The first kappa shape index (κ1) is 13.8. The van der Waals surface area contributed by atoms with Crippen LogP contribution in [0.2, 0.25) is 0 Å². The van der Waals surface area contributed by atoms with Gasteiger partial charge in [-0.05, 0) is 30.9 Å². The maximum atomic E-state index is 11.7. The third-order valence-electron chi connectivity index (χ3n) is 3.25. The lowest BCUT2D eigenvalue weighted by Crippen LogP contribution is -2.45. The minimum atomic E-state index is -0.102. The Morgan fingerprint density at radius 1 is 1.47 bits per heavy atom. The average molecular weight is 278 g/mol. The SMILES string of the molecule is CC1CC(NC(=O)COc2ccccc2C(N)=S)C1. The van der Waals surface area contributed by atoms with Gasteiger partial charge in [-0.25, -0.2) is 0 Å². The van der Waals surface area contributed by atoms with Gasteiger partial charge in [-0.3, -0.25) is 4.79 Å². The van der Waals surface area contributed by atoms with Crippen molar-refractivity contribution in [3.05, 3.63) is 29.8 Å². The lowest BCUT2D eigenvalue weighted by atomic mass is 9.82. The van der Waals surface area contributed by atoms with Crippen molar-refractivity contribution in [2.75, 3.05) is 6.61 Å². The summed E-state index contributed by atoms with van der Waals surface area (Å²) in [6.07, 6.45) is 2.10. The molecule has 19 heavy (non-hydrogen) atoms. The van der Waals surface area contributed by atoms with Crippen LogP contribution in [0, 0.1) is 5.92 Å². The third-order valence-corrected chi connectivity index (χ3v) is 3.47. The summed E-state index contributed by atoms with van der Waals surface area (Å²) in [5.74, 6) is 1.16. The lowest BCUT2D eigenvalue weighted by Gasteiger charge is -2.33. The summed E-state index contributed by atoms with van der Waals surface area (Å²) < 4.78 is 5.48. The molecular weight excluding hydrogens is 260 g/mol. The van der Waals surface area contributed by atoms with Crippen LogP contribution in [0.1, 0.15) is 25.3 Å². The summed E-state index contributed by atoms with van der Waals surface area (Å²) in [4.78, 5) is 12.0. The third kappa shape index (κ3) is 3.67. The van der Waals surface area contributed by atoms with Crippen molar-refractivity contribution in [3.63, 3.8) is 0 Å². The highest BCUT2D eigenvalue weighted by atomic mass is 32.1. The number of hydrogen-bond donors (Lipinski definition) is 2. The smallest absolute Gasteiger partial charge is 0.258 e. The molecular formula is C14H18N2O2S. The lowest BCUT2D eigenvalue weighted by molar-refractivity contribution is -0.124. The van der Waals surface area contributed by atoms with E-state index in [9.17, 15) is 4.79 Å². The van der Waals surface area contributed by atoms with Crippen molar-refractivity contribution < 1.29 is 9.53 Å². The molecule has 1 aromatic rings. The van der Waals surface area contributed by atoms with Crippen LogP contribution in [-0.2, 0) is 4.79 Å². The normalized spacial score (nSPS) is 21.3. The predicted molar refractivity (Wildman–Crippen MR) is 78.2 cm³/mol. The van der Waals surface area contributed by atoms with E-state index in [0.29, 0.717) is 23.3 Å². The molecule has 0 aliphatic heterocycles. The van der Waals surface area contributed by atoms with E-state index in [2.05, 4.69) is 12.2 Å². The Morgan fingerprint density at radius 2 is 2.16 bits per heavy atom. The molecule has 2 rings (SSSR count). The molecule has 0 unspecified atom stereocenters. The molecule has 1 aliphatic rings. The maximum absolute atomic E-state index is 11.7. The number of rotatable bonds is 5.